The number of methoxy groups -OCH3 is 1. The molecule has 0 radical (unpaired) electrons. The first-order valence-corrected chi connectivity index (χ1v) is 5.27. The quantitative estimate of drug-likeness (QED) is 0.573. The Morgan fingerprint density at radius 2 is 2.06 bits per heavy atom. The van der Waals surface area contributed by atoms with Crippen molar-refractivity contribution in [1.82, 2.24) is 0 Å². The van der Waals surface area contributed by atoms with E-state index in [1.54, 1.807) is 7.11 Å². The van der Waals surface area contributed by atoms with Crippen LogP contribution in [0, 0.1) is 0 Å². The Morgan fingerprint density at radius 1 is 1.35 bits per heavy atom. The van der Waals surface area contributed by atoms with Gasteiger partial charge in [-0.05, 0) is 23.8 Å². The first kappa shape index (κ1) is 13.4. The van der Waals surface area contributed by atoms with Crippen LogP contribution in [0.5, 0.6) is 5.75 Å². The molecular formula is C13H16O4. The highest BCUT2D eigenvalue weighted by Crippen LogP contribution is 2.11. The normalized spacial score (nSPS) is 12.6. The minimum atomic E-state index is -0.751. The third-order valence-corrected chi connectivity index (χ3v) is 2.13. The van der Waals surface area contributed by atoms with Crippen molar-refractivity contribution in [2.75, 3.05) is 13.7 Å². The molecule has 92 valence electrons. The molecule has 1 aromatic carbocycles. The lowest BCUT2D eigenvalue weighted by atomic mass is 10.2. The lowest BCUT2D eigenvalue weighted by Gasteiger charge is -2.07. The summed E-state index contributed by atoms with van der Waals surface area (Å²) in [6.45, 7) is 0.576. The maximum atomic E-state index is 10.0. The highest BCUT2D eigenvalue weighted by atomic mass is 16.5. The van der Waals surface area contributed by atoms with Gasteiger partial charge in [-0.15, -0.1) is 0 Å². The number of aldehydes is 1. The summed E-state index contributed by atoms with van der Waals surface area (Å²) < 4.78 is 10.3. The standard InChI is InChI=1S/C13H16O4/c1-16-13-6-4-11(5-7-13)9-17-10-12(15)3-2-8-14/h2-8,12,15H,9-10H2,1H3/b3-2+/t12-/m1/s1. The van der Waals surface area contributed by atoms with Gasteiger partial charge in [0.15, 0.2) is 0 Å². The number of carbonyl (C=O) groups is 1. The van der Waals surface area contributed by atoms with Crippen LogP contribution in [0.25, 0.3) is 0 Å². The van der Waals surface area contributed by atoms with Gasteiger partial charge in [0, 0.05) is 0 Å². The van der Waals surface area contributed by atoms with Crippen molar-refractivity contribution in [1.29, 1.82) is 0 Å². The molecule has 1 aromatic rings. The molecule has 0 spiro atoms. The summed E-state index contributed by atoms with van der Waals surface area (Å²) in [5.41, 5.74) is 0.998. The first-order valence-electron chi connectivity index (χ1n) is 5.27. The van der Waals surface area contributed by atoms with E-state index in [0.717, 1.165) is 11.3 Å². The van der Waals surface area contributed by atoms with Crippen LogP contribution in [0.3, 0.4) is 0 Å². The maximum Gasteiger partial charge on any atom is 0.142 e. The number of rotatable bonds is 7. The van der Waals surface area contributed by atoms with Crippen molar-refractivity contribution in [2.24, 2.45) is 0 Å². The fraction of sp³-hybridized carbons (Fsp3) is 0.308. The highest BCUT2D eigenvalue weighted by molar-refractivity contribution is 5.64. The number of aliphatic hydroxyl groups is 1. The molecule has 4 nitrogen and oxygen atoms in total. The smallest absolute Gasteiger partial charge is 0.142 e. The van der Waals surface area contributed by atoms with Crippen LogP contribution in [0.2, 0.25) is 0 Å². The van der Waals surface area contributed by atoms with Crippen LogP contribution in [0.4, 0.5) is 0 Å². The summed E-state index contributed by atoms with van der Waals surface area (Å²) in [7, 11) is 1.61. The van der Waals surface area contributed by atoms with Gasteiger partial charge in [-0.2, -0.15) is 0 Å². The van der Waals surface area contributed by atoms with Crippen LogP contribution in [-0.4, -0.2) is 31.2 Å². The van der Waals surface area contributed by atoms with E-state index < -0.39 is 6.10 Å². The molecule has 0 saturated carbocycles. The highest BCUT2D eigenvalue weighted by Gasteiger charge is 1.99. The van der Waals surface area contributed by atoms with E-state index in [0.29, 0.717) is 12.9 Å². The monoisotopic (exact) mass is 236 g/mol. The summed E-state index contributed by atoms with van der Waals surface area (Å²) in [5.74, 6) is 0.794. The summed E-state index contributed by atoms with van der Waals surface area (Å²) in [6.07, 6.45) is 2.51. The third-order valence-electron chi connectivity index (χ3n) is 2.13. The SMILES string of the molecule is COc1ccc(COC[C@H](O)/C=C/C=O)cc1. The molecule has 0 unspecified atom stereocenters. The largest absolute Gasteiger partial charge is 0.497 e. The van der Waals surface area contributed by atoms with E-state index in [1.165, 1.54) is 12.2 Å². The van der Waals surface area contributed by atoms with Crippen LogP contribution < -0.4 is 4.74 Å². The molecule has 4 heteroatoms. The minimum absolute atomic E-state index is 0.163. The summed E-state index contributed by atoms with van der Waals surface area (Å²) in [5, 5.41) is 9.35. The van der Waals surface area contributed by atoms with Crippen molar-refractivity contribution in [3.8, 4) is 5.75 Å². The van der Waals surface area contributed by atoms with Crippen molar-refractivity contribution >= 4 is 6.29 Å². The lowest BCUT2D eigenvalue weighted by Crippen LogP contribution is -2.12. The van der Waals surface area contributed by atoms with Crippen LogP contribution in [0.1, 0.15) is 5.56 Å². The summed E-state index contributed by atoms with van der Waals surface area (Å²) in [6, 6.07) is 7.49. The number of allylic oxidation sites excluding steroid dienone is 1. The average Bonchev–Trinajstić information content (AvgIpc) is 2.37. The van der Waals surface area contributed by atoms with E-state index in [4.69, 9.17) is 9.47 Å². The molecule has 0 fully saturated rings. The Labute approximate surface area is 100 Å². The third kappa shape index (κ3) is 5.29. The number of aliphatic hydroxyl groups excluding tert-OH is 1. The fourth-order valence-corrected chi connectivity index (χ4v) is 1.25. The van der Waals surface area contributed by atoms with Gasteiger partial charge in [0.1, 0.15) is 12.0 Å². The van der Waals surface area contributed by atoms with Gasteiger partial charge in [-0.1, -0.05) is 18.2 Å². The van der Waals surface area contributed by atoms with E-state index >= 15 is 0 Å². The Hall–Kier alpha value is -1.65. The van der Waals surface area contributed by atoms with Crippen LogP contribution in [0.15, 0.2) is 36.4 Å². The molecule has 1 atom stereocenters. The van der Waals surface area contributed by atoms with E-state index in [-0.39, 0.29) is 6.61 Å². The second-order valence-corrected chi connectivity index (χ2v) is 3.45. The van der Waals surface area contributed by atoms with Gasteiger partial charge < -0.3 is 14.6 Å². The van der Waals surface area contributed by atoms with Crippen molar-refractivity contribution in [3.05, 3.63) is 42.0 Å². The number of ether oxygens (including phenoxy) is 2. The molecule has 0 heterocycles. The second-order valence-electron chi connectivity index (χ2n) is 3.45. The van der Waals surface area contributed by atoms with Crippen molar-refractivity contribution in [3.63, 3.8) is 0 Å². The molecule has 0 aromatic heterocycles. The van der Waals surface area contributed by atoms with E-state index in [9.17, 15) is 9.90 Å². The Morgan fingerprint density at radius 3 is 2.65 bits per heavy atom. The number of hydrogen-bond acceptors (Lipinski definition) is 4. The predicted octanol–water partition coefficient (Wildman–Crippen LogP) is 1.33. The van der Waals surface area contributed by atoms with Gasteiger partial charge in [-0.25, -0.2) is 0 Å². The molecule has 0 saturated heterocycles. The topological polar surface area (TPSA) is 55.8 Å². The molecule has 0 amide bonds. The molecule has 0 bridgehead atoms. The van der Waals surface area contributed by atoms with E-state index in [2.05, 4.69) is 0 Å². The minimum Gasteiger partial charge on any atom is -0.497 e. The zero-order valence-corrected chi connectivity index (χ0v) is 9.70. The fourth-order valence-electron chi connectivity index (χ4n) is 1.25. The van der Waals surface area contributed by atoms with E-state index in [1.807, 2.05) is 24.3 Å². The van der Waals surface area contributed by atoms with Gasteiger partial charge in [-0.3, -0.25) is 4.79 Å². The van der Waals surface area contributed by atoms with Gasteiger partial charge in [0.05, 0.1) is 26.4 Å². The molecule has 0 aliphatic carbocycles. The van der Waals surface area contributed by atoms with Crippen molar-refractivity contribution < 1.29 is 19.4 Å². The Bertz CT molecular complexity index is 356. The zero-order chi connectivity index (χ0) is 12.5. The molecule has 1 N–H and O–H groups in total. The zero-order valence-electron chi connectivity index (χ0n) is 9.70. The second kappa shape index (κ2) is 7.60. The maximum absolute atomic E-state index is 10.0. The molecule has 0 aliphatic heterocycles. The molecule has 0 aliphatic rings. The molecule has 17 heavy (non-hydrogen) atoms. The van der Waals surface area contributed by atoms with Gasteiger partial charge in [0.2, 0.25) is 0 Å². The summed E-state index contributed by atoms with van der Waals surface area (Å²) >= 11 is 0. The average molecular weight is 236 g/mol. The predicted molar refractivity (Wildman–Crippen MR) is 63.9 cm³/mol. The van der Waals surface area contributed by atoms with Crippen LogP contribution in [-0.2, 0) is 16.1 Å². The Kier molecular flexibility index (Phi) is 5.99. The van der Waals surface area contributed by atoms with Crippen molar-refractivity contribution in [2.45, 2.75) is 12.7 Å². The van der Waals surface area contributed by atoms with Crippen LogP contribution >= 0.6 is 0 Å². The molecular weight excluding hydrogens is 220 g/mol. The van der Waals surface area contributed by atoms with Gasteiger partial charge >= 0.3 is 0 Å². The number of benzene rings is 1. The first-order chi connectivity index (χ1) is 8.26. The van der Waals surface area contributed by atoms with Gasteiger partial charge in [0.25, 0.3) is 0 Å². The number of carbonyl (C=O) groups excluding carboxylic acids is 1. The molecule has 1 rings (SSSR count). The number of hydrogen-bond donors (Lipinski definition) is 1. The Balaban J connectivity index is 2.30. The lowest BCUT2D eigenvalue weighted by molar-refractivity contribution is -0.104. The summed E-state index contributed by atoms with van der Waals surface area (Å²) in [4.78, 5) is 10.0.